The van der Waals surface area contributed by atoms with Crippen molar-refractivity contribution in [2.24, 2.45) is 0 Å². The van der Waals surface area contributed by atoms with Gasteiger partial charge in [-0.2, -0.15) is 13.2 Å². The number of hydrogen-bond acceptors (Lipinski definition) is 3. The molecule has 0 saturated heterocycles. The predicted octanol–water partition coefficient (Wildman–Crippen LogP) is 3.81. The molecular weight excluding hydrogens is 382 g/mol. The SMILES string of the molecule is Nc1c(C(=O)O)sc2c(I)ccc(C(F)(F)F)c12. The second-order valence-corrected chi connectivity index (χ2v) is 5.63. The first-order chi connectivity index (χ1) is 8.23. The molecule has 1 aromatic heterocycles. The molecule has 18 heavy (non-hydrogen) atoms. The maximum atomic E-state index is 12.8. The molecule has 0 saturated carbocycles. The van der Waals surface area contributed by atoms with Crippen molar-refractivity contribution in [2.75, 3.05) is 5.73 Å². The second-order valence-electron chi connectivity index (χ2n) is 3.45. The third-order valence-electron chi connectivity index (χ3n) is 2.33. The molecule has 3 nitrogen and oxygen atoms in total. The zero-order chi connectivity index (χ0) is 13.7. The van der Waals surface area contributed by atoms with Crippen LogP contribution in [0.2, 0.25) is 0 Å². The van der Waals surface area contributed by atoms with Crippen LogP contribution in [0.15, 0.2) is 12.1 Å². The maximum absolute atomic E-state index is 12.8. The number of thiophene rings is 1. The highest BCUT2D eigenvalue weighted by Crippen LogP contribution is 2.44. The van der Waals surface area contributed by atoms with Gasteiger partial charge in [-0.25, -0.2) is 4.79 Å². The Morgan fingerprint density at radius 3 is 2.50 bits per heavy atom. The summed E-state index contributed by atoms with van der Waals surface area (Å²) in [6.45, 7) is 0. The van der Waals surface area contributed by atoms with Gasteiger partial charge in [-0.05, 0) is 34.7 Å². The Labute approximate surface area is 117 Å². The zero-order valence-electron chi connectivity index (χ0n) is 8.51. The number of halogens is 4. The van der Waals surface area contributed by atoms with Gasteiger partial charge < -0.3 is 10.8 Å². The predicted molar refractivity (Wildman–Crippen MR) is 70.9 cm³/mol. The quantitative estimate of drug-likeness (QED) is 0.732. The van der Waals surface area contributed by atoms with Crippen molar-refractivity contribution in [3.05, 3.63) is 26.1 Å². The molecule has 3 N–H and O–H groups in total. The number of carboxylic acids is 1. The topological polar surface area (TPSA) is 63.3 Å². The van der Waals surface area contributed by atoms with Gasteiger partial charge >= 0.3 is 12.1 Å². The summed E-state index contributed by atoms with van der Waals surface area (Å²) >= 11 is 2.61. The molecule has 0 aliphatic carbocycles. The van der Waals surface area contributed by atoms with Crippen molar-refractivity contribution in [3.8, 4) is 0 Å². The molecule has 2 aromatic rings. The number of nitrogens with two attached hydrogens (primary N) is 1. The molecule has 96 valence electrons. The fraction of sp³-hybridized carbons (Fsp3) is 0.100. The third kappa shape index (κ3) is 2.03. The Balaban J connectivity index is 2.93. The van der Waals surface area contributed by atoms with Gasteiger partial charge in [0.2, 0.25) is 0 Å². The molecule has 0 aliphatic rings. The van der Waals surface area contributed by atoms with E-state index < -0.39 is 17.7 Å². The fourth-order valence-corrected chi connectivity index (χ4v) is 3.36. The van der Waals surface area contributed by atoms with E-state index in [1.54, 1.807) is 0 Å². The minimum Gasteiger partial charge on any atom is -0.477 e. The first kappa shape index (κ1) is 13.4. The van der Waals surface area contributed by atoms with E-state index in [1.165, 1.54) is 6.07 Å². The lowest BCUT2D eigenvalue weighted by molar-refractivity contribution is -0.136. The van der Waals surface area contributed by atoms with Crippen LogP contribution in [0.5, 0.6) is 0 Å². The van der Waals surface area contributed by atoms with E-state index in [9.17, 15) is 18.0 Å². The first-order valence-corrected chi connectivity index (χ1v) is 6.44. The normalized spacial score (nSPS) is 12.0. The molecule has 0 atom stereocenters. The van der Waals surface area contributed by atoms with Gasteiger partial charge in [0.05, 0.1) is 16.0 Å². The molecule has 0 spiro atoms. The van der Waals surface area contributed by atoms with Gasteiger partial charge in [-0.3, -0.25) is 0 Å². The van der Waals surface area contributed by atoms with Gasteiger partial charge in [0.25, 0.3) is 0 Å². The van der Waals surface area contributed by atoms with Crippen LogP contribution in [0.25, 0.3) is 10.1 Å². The highest BCUT2D eigenvalue weighted by molar-refractivity contribution is 14.1. The van der Waals surface area contributed by atoms with Crippen LogP contribution in [0, 0.1) is 3.57 Å². The van der Waals surface area contributed by atoms with Gasteiger partial charge in [-0.15, -0.1) is 11.3 Å². The molecule has 0 unspecified atom stereocenters. The molecule has 0 aliphatic heterocycles. The van der Waals surface area contributed by atoms with E-state index in [1.807, 2.05) is 22.6 Å². The number of carbonyl (C=O) groups is 1. The number of alkyl halides is 3. The lowest BCUT2D eigenvalue weighted by Gasteiger charge is -2.09. The number of rotatable bonds is 1. The van der Waals surface area contributed by atoms with Crippen LogP contribution in [0.3, 0.4) is 0 Å². The summed E-state index contributed by atoms with van der Waals surface area (Å²) < 4.78 is 39.3. The molecule has 0 amide bonds. The smallest absolute Gasteiger partial charge is 0.417 e. The largest absolute Gasteiger partial charge is 0.477 e. The molecule has 8 heteroatoms. The number of benzene rings is 1. The van der Waals surface area contributed by atoms with Crippen molar-refractivity contribution in [1.82, 2.24) is 0 Å². The van der Waals surface area contributed by atoms with E-state index in [2.05, 4.69) is 0 Å². The Morgan fingerprint density at radius 2 is 2.00 bits per heavy atom. The summed E-state index contributed by atoms with van der Waals surface area (Å²) in [6, 6.07) is 2.21. The van der Waals surface area contributed by atoms with Crippen molar-refractivity contribution >= 4 is 55.7 Å². The van der Waals surface area contributed by atoms with Crippen LogP contribution in [-0.4, -0.2) is 11.1 Å². The molecule has 0 radical (unpaired) electrons. The zero-order valence-corrected chi connectivity index (χ0v) is 11.5. The van der Waals surface area contributed by atoms with E-state index >= 15 is 0 Å². The molecule has 1 heterocycles. The van der Waals surface area contributed by atoms with E-state index in [0.717, 1.165) is 17.4 Å². The number of aromatic carboxylic acids is 1. The molecule has 2 rings (SSSR count). The Hall–Kier alpha value is -1.03. The van der Waals surface area contributed by atoms with E-state index in [4.69, 9.17) is 10.8 Å². The summed E-state index contributed by atoms with van der Waals surface area (Å²) in [7, 11) is 0. The summed E-state index contributed by atoms with van der Waals surface area (Å²) in [5.74, 6) is -1.32. The average molecular weight is 387 g/mol. The minimum absolute atomic E-state index is 0.225. The monoisotopic (exact) mass is 387 g/mol. The van der Waals surface area contributed by atoms with Gasteiger partial charge in [0, 0.05) is 8.96 Å². The third-order valence-corrected chi connectivity index (χ3v) is 4.82. The second kappa shape index (κ2) is 4.26. The molecular formula is C10H5F3INO2S. The number of hydrogen-bond donors (Lipinski definition) is 2. The van der Waals surface area contributed by atoms with Crippen LogP contribution in [-0.2, 0) is 6.18 Å². The Morgan fingerprint density at radius 1 is 1.39 bits per heavy atom. The van der Waals surface area contributed by atoms with Crippen LogP contribution in [0.1, 0.15) is 15.2 Å². The number of anilines is 1. The standard InChI is InChI=1S/C10H5F3INO2S/c11-10(12,13)3-1-2-4(14)7-5(3)6(15)8(18-7)9(16)17/h1-2H,15H2,(H,16,17). The number of nitrogen functional groups attached to an aromatic ring is 1. The summed E-state index contributed by atoms with van der Waals surface area (Å²) in [5, 5.41) is 8.67. The lowest BCUT2D eigenvalue weighted by atomic mass is 10.1. The van der Waals surface area contributed by atoms with Crippen LogP contribution in [0.4, 0.5) is 18.9 Å². The molecule has 0 fully saturated rings. The highest BCUT2D eigenvalue weighted by Gasteiger charge is 2.35. The fourth-order valence-electron chi connectivity index (χ4n) is 1.59. The summed E-state index contributed by atoms with van der Waals surface area (Å²) in [4.78, 5) is 10.6. The Kier molecular flexibility index (Phi) is 3.18. The number of fused-ring (bicyclic) bond motifs is 1. The highest BCUT2D eigenvalue weighted by atomic mass is 127. The van der Waals surface area contributed by atoms with Gasteiger partial charge in [0.1, 0.15) is 4.88 Å². The van der Waals surface area contributed by atoms with Crippen LogP contribution < -0.4 is 5.73 Å². The Bertz CT molecular complexity index is 651. The van der Waals surface area contributed by atoms with Crippen molar-refractivity contribution in [1.29, 1.82) is 0 Å². The average Bonchev–Trinajstić information content (AvgIpc) is 2.56. The van der Waals surface area contributed by atoms with Crippen molar-refractivity contribution in [2.45, 2.75) is 6.18 Å². The number of carboxylic acid groups (broad SMARTS) is 1. The van der Waals surface area contributed by atoms with E-state index in [0.29, 0.717) is 3.57 Å². The van der Waals surface area contributed by atoms with Crippen molar-refractivity contribution in [3.63, 3.8) is 0 Å². The molecule has 0 bridgehead atoms. The van der Waals surface area contributed by atoms with Gasteiger partial charge in [-0.1, -0.05) is 0 Å². The minimum atomic E-state index is -4.56. The van der Waals surface area contributed by atoms with Crippen LogP contribution >= 0.6 is 33.9 Å². The summed E-state index contributed by atoms with van der Waals surface area (Å²) in [6.07, 6.45) is -4.56. The summed E-state index contributed by atoms with van der Waals surface area (Å²) in [5.41, 5.74) is 4.30. The lowest BCUT2D eigenvalue weighted by Crippen LogP contribution is -2.07. The van der Waals surface area contributed by atoms with Gasteiger partial charge in [0.15, 0.2) is 0 Å². The first-order valence-electron chi connectivity index (χ1n) is 4.54. The maximum Gasteiger partial charge on any atom is 0.417 e. The molecule has 1 aromatic carbocycles. The van der Waals surface area contributed by atoms with E-state index in [-0.39, 0.29) is 20.7 Å². The van der Waals surface area contributed by atoms with Crippen molar-refractivity contribution < 1.29 is 23.1 Å².